The number of nitrogens with one attached hydrogen (secondary N) is 3. The fourth-order valence-corrected chi connectivity index (χ4v) is 4.38. The molecule has 0 bridgehead atoms. The first-order valence-corrected chi connectivity index (χ1v) is 11.5. The van der Waals surface area contributed by atoms with E-state index in [1.54, 1.807) is 0 Å². The van der Waals surface area contributed by atoms with Gasteiger partial charge in [0.1, 0.15) is 11.6 Å². The van der Waals surface area contributed by atoms with Crippen molar-refractivity contribution in [3.8, 4) is 5.88 Å². The summed E-state index contributed by atoms with van der Waals surface area (Å²) in [4.78, 5) is 21.1. The van der Waals surface area contributed by atoms with Gasteiger partial charge in [-0.3, -0.25) is 4.79 Å². The van der Waals surface area contributed by atoms with E-state index in [0.717, 1.165) is 49.9 Å². The SMILES string of the molecule is C[C@@H](Oc1nc(/C(C=N)=C/NC2CCOCC2)cc2ncn(C3CC3)c12)[C@H]1CNC(=O)C1. The van der Waals surface area contributed by atoms with Gasteiger partial charge >= 0.3 is 0 Å². The van der Waals surface area contributed by atoms with Crippen LogP contribution in [0.4, 0.5) is 0 Å². The van der Waals surface area contributed by atoms with E-state index < -0.39 is 0 Å². The summed E-state index contributed by atoms with van der Waals surface area (Å²) >= 11 is 0. The van der Waals surface area contributed by atoms with E-state index in [0.29, 0.717) is 42.2 Å². The van der Waals surface area contributed by atoms with Crippen LogP contribution in [0.1, 0.15) is 50.8 Å². The third kappa shape index (κ3) is 4.34. The van der Waals surface area contributed by atoms with Gasteiger partial charge < -0.3 is 30.1 Å². The molecule has 3 aliphatic rings. The molecule has 32 heavy (non-hydrogen) atoms. The van der Waals surface area contributed by atoms with Crippen LogP contribution >= 0.6 is 0 Å². The van der Waals surface area contributed by atoms with Crippen LogP contribution in [-0.4, -0.2) is 58.6 Å². The van der Waals surface area contributed by atoms with Crippen LogP contribution in [0, 0.1) is 11.3 Å². The topological polar surface area (TPSA) is 114 Å². The predicted molar refractivity (Wildman–Crippen MR) is 121 cm³/mol. The number of hydrogen-bond donors (Lipinski definition) is 3. The molecule has 1 amide bonds. The Labute approximate surface area is 187 Å². The summed E-state index contributed by atoms with van der Waals surface area (Å²) in [6.07, 6.45) is 9.48. The van der Waals surface area contributed by atoms with Crippen LogP contribution in [0.15, 0.2) is 18.6 Å². The van der Waals surface area contributed by atoms with Crippen molar-refractivity contribution < 1.29 is 14.3 Å². The maximum Gasteiger partial charge on any atom is 0.241 e. The maximum absolute atomic E-state index is 11.7. The average Bonchev–Trinajstić information content (AvgIpc) is 3.40. The summed E-state index contributed by atoms with van der Waals surface area (Å²) in [7, 11) is 0. The normalized spacial score (nSPS) is 23.2. The first kappa shape index (κ1) is 20.9. The number of pyridine rings is 1. The minimum absolute atomic E-state index is 0.0635. The molecule has 2 aromatic heterocycles. The van der Waals surface area contributed by atoms with E-state index in [1.807, 2.05) is 25.5 Å². The molecule has 2 atom stereocenters. The number of hydrogen-bond acceptors (Lipinski definition) is 7. The number of rotatable bonds is 8. The highest BCUT2D eigenvalue weighted by Crippen LogP contribution is 2.40. The minimum atomic E-state index is -0.171. The second kappa shape index (κ2) is 8.90. The highest BCUT2D eigenvalue weighted by atomic mass is 16.5. The summed E-state index contributed by atoms with van der Waals surface area (Å²) in [5.74, 6) is 0.689. The number of imidazole rings is 1. The van der Waals surface area contributed by atoms with E-state index in [1.165, 1.54) is 6.21 Å². The Morgan fingerprint density at radius 3 is 2.88 bits per heavy atom. The lowest BCUT2D eigenvalue weighted by Gasteiger charge is -2.22. The van der Waals surface area contributed by atoms with Crippen molar-refractivity contribution in [1.82, 2.24) is 25.2 Å². The molecule has 170 valence electrons. The third-order valence-corrected chi connectivity index (χ3v) is 6.58. The Hall–Kier alpha value is -2.94. The smallest absolute Gasteiger partial charge is 0.241 e. The quantitative estimate of drug-likeness (QED) is 0.546. The van der Waals surface area contributed by atoms with Crippen LogP contribution in [0.3, 0.4) is 0 Å². The first-order chi connectivity index (χ1) is 15.6. The molecule has 1 saturated carbocycles. The van der Waals surface area contributed by atoms with E-state index in [9.17, 15) is 4.79 Å². The zero-order chi connectivity index (χ0) is 22.1. The van der Waals surface area contributed by atoms with Crippen molar-refractivity contribution in [2.24, 2.45) is 5.92 Å². The second-order valence-electron chi connectivity index (χ2n) is 8.95. The van der Waals surface area contributed by atoms with Crippen molar-refractivity contribution in [3.63, 3.8) is 0 Å². The monoisotopic (exact) mass is 438 g/mol. The van der Waals surface area contributed by atoms with Crippen molar-refractivity contribution in [2.45, 2.75) is 57.2 Å². The van der Waals surface area contributed by atoms with Crippen molar-refractivity contribution in [1.29, 1.82) is 5.41 Å². The number of fused-ring (bicyclic) bond motifs is 1. The molecule has 3 fully saturated rings. The van der Waals surface area contributed by atoms with Gasteiger partial charge in [0.2, 0.25) is 11.8 Å². The first-order valence-electron chi connectivity index (χ1n) is 11.5. The van der Waals surface area contributed by atoms with Crippen molar-refractivity contribution >= 4 is 28.7 Å². The number of ether oxygens (including phenoxy) is 2. The molecule has 0 radical (unpaired) electrons. The number of carbonyl (C=O) groups excluding carboxylic acids is 1. The van der Waals surface area contributed by atoms with E-state index in [-0.39, 0.29) is 17.9 Å². The molecule has 4 heterocycles. The summed E-state index contributed by atoms with van der Waals surface area (Å²) in [6, 6.07) is 2.70. The average molecular weight is 439 g/mol. The molecular formula is C23H30N6O3. The molecule has 2 saturated heterocycles. The van der Waals surface area contributed by atoms with Gasteiger partial charge in [-0.15, -0.1) is 0 Å². The Morgan fingerprint density at radius 2 is 2.19 bits per heavy atom. The fraction of sp³-hybridized carbons (Fsp3) is 0.565. The standard InChI is InChI=1S/C23H30N6O3/c1-14(15-8-21(30)26-11-15)32-23-22-20(27-13-29(22)18-2-3-18)9-19(28-23)16(10-24)12-25-17-4-6-31-7-5-17/h9-10,12-15,17-18,24-25H,2-8,11H2,1H3,(H,26,30)/b16-12+,24-10?/t14-,15-/m1/s1. The van der Waals surface area contributed by atoms with Gasteiger partial charge in [-0.2, -0.15) is 0 Å². The van der Waals surface area contributed by atoms with Gasteiger partial charge in [0.15, 0.2) is 0 Å². The van der Waals surface area contributed by atoms with Crippen LogP contribution in [-0.2, 0) is 9.53 Å². The predicted octanol–water partition coefficient (Wildman–Crippen LogP) is 2.43. The number of amides is 1. The molecule has 1 aliphatic carbocycles. The molecule has 3 N–H and O–H groups in total. The van der Waals surface area contributed by atoms with Crippen molar-refractivity contribution in [3.05, 3.63) is 24.3 Å². The van der Waals surface area contributed by atoms with Crippen molar-refractivity contribution in [2.75, 3.05) is 19.8 Å². The van der Waals surface area contributed by atoms with Gasteiger partial charge in [0, 0.05) is 62.2 Å². The number of carbonyl (C=O) groups is 1. The zero-order valence-electron chi connectivity index (χ0n) is 18.3. The molecule has 0 unspecified atom stereocenters. The molecule has 0 aromatic carbocycles. The second-order valence-corrected chi connectivity index (χ2v) is 8.95. The van der Waals surface area contributed by atoms with Crippen LogP contribution in [0.25, 0.3) is 16.6 Å². The van der Waals surface area contributed by atoms with Gasteiger partial charge in [-0.25, -0.2) is 9.97 Å². The zero-order valence-corrected chi connectivity index (χ0v) is 18.3. The van der Waals surface area contributed by atoms with Gasteiger partial charge in [0.25, 0.3) is 0 Å². The van der Waals surface area contributed by atoms with Gasteiger partial charge in [-0.1, -0.05) is 0 Å². The minimum Gasteiger partial charge on any atom is -0.473 e. The molecular weight excluding hydrogens is 408 g/mol. The fourth-order valence-electron chi connectivity index (χ4n) is 4.38. The van der Waals surface area contributed by atoms with E-state index in [2.05, 4.69) is 20.2 Å². The molecule has 9 nitrogen and oxygen atoms in total. The number of nitrogens with zero attached hydrogens (tertiary/aromatic N) is 3. The highest BCUT2D eigenvalue weighted by Gasteiger charge is 2.31. The summed E-state index contributed by atoms with van der Waals surface area (Å²) in [6.45, 7) is 4.11. The van der Waals surface area contributed by atoms with Crippen LogP contribution in [0.2, 0.25) is 0 Å². The number of allylic oxidation sites excluding steroid dienone is 1. The lowest BCUT2D eigenvalue weighted by atomic mass is 10.0. The van der Waals surface area contributed by atoms with E-state index in [4.69, 9.17) is 19.9 Å². The van der Waals surface area contributed by atoms with Gasteiger partial charge in [0.05, 0.1) is 17.5 Å². The summed E-state index contributed by atoms with van der Waals surface area (Å²) in [5.41, 5.74) is 3.02. The lowest BCUT2D eigenvalue weighted by molar-refractivity contribution is -0.119. The Kier molecular flexibility index (Phi) is 5.82. The molecule has 9 heteroatoms. The lowest BCUT2D eigenvalue weighted by Crippen LogP contribution is -2.31. The Balaban J connectivity index is 1.46. The van der Waals surface area contributed by atoms with Crippen LogP contribution < -0.4 is 15.4 Å². The molecule has 0 spiro atoms. The Morgan fingerprint density at radius 1 is 1.38 bits per heavy atom. The highest BCUT2D eigenvalue weighted by molar-refractivity contribution is 6.08. The van der Waals surface area contributed by atoms with Crippen LogP contribution in [0.5, 0.6) is 5.88 Å². The summed E-state index contributed by atoms with van der Waals surface area (Å²) in [5, 5.41) is 14.3. The molecule has 2 aromatic rings. The van der Waals surface area contributed by atoms with Gasteiger partial charge in [-0.05, 0) is 38.7 Å². The summed E-state index contributed by atoms with van der Waals surface area (Å²) < 4.78 is 13.9. The molecule has 5 rings (SSSR count). The van der Waals surface area contributed by atoms with E-state index >= 15 is 0 Å². The largest absolute Gasteiger partial charge is 0.473 e. The third-order valence-electron chi connectivity index (χ3n) is 6.58. The Bertz CT molecular complexity index is 1040. The number of aromatic nitrogens is 3. The maximum atomic E-state index is 11.7. The molecule has 2 aliphatic heterocycles.